The molecule has 4 aromatic rings. The summed E-state index contributed by atoms with van der Waals surface area (Å²) in [6.07, 6.45) is 5.29. The first kappa shape index (κ1) is 22.4. The van der Waals surface area contributed by atoms with Gasteiger partial charge < -0.3 is 24.7 Å². The minimum absolute atomic E-state index is 0.118. The van der Waals surface area contributed by atoms with Crippen LogP contribution in [0.5, 0.6) is 5.75 Å². The Labute approximate surface area is 208 Å². The van der Waals surface area contributed by atoms with Crippen molar-refractivity contribution in [3.8, 4) is 34.5 Å². The molecule has 0 radical (unpaired) electrons. The number of ether oxygens (including phenoxy) is 2. The van der Waals surface area contributed by atoms with Crippen LogP contribution in [0.2, 0.25) is 0 Å². The molecule has 10 heteroatoms. The third-order valence-electron chi connectivity index (χ3n) is 6.59. The van der Waals surface area contributed by atoms with E-state index < -0.39 is 0 Å². The second-order valence-electron chi connectivity index (χ2n) is 8.90. The van der Waals surface area contributed by atoms with Gasteiger partial charge in [-0.25, -0.2) is 19.9 Å². The lowest BCUT2D eigenvalue weighted by molar-refractivity contribution is 0.122. The van der Waals surface area contributed by atoms with Crippen LogP contribution in [-0.2, 0) is 4.74 Å². The van der Waals surface area contributed by atoms with Crippen LogP contribution in [0.4, 0.5) is 5.82 Å². The van der Waals surface area contributed by atoms with Crippen molar-refractivity contribution in [2.24, 2.45) is 0 Å². The van der Waals surface area contributed by atoms with Crippen LogP contribution in [0.25, 0.3) is 33.8 Å². The van der Waals surface area contributed by atoms with Gasteiger partial charge in [0.15, 0.2) is 5.65 Å². The van der Waals surface area contributed by atoms with E-state index in [1.807, 2.05) is 36.5 Å². The van der Waals surface area contributed by atoms with Crippen LogP contribution in [0.1, 0.15) is 18.4 Å². The van der Waals surface area contributed by atoms with Crippen LogP contribution in [0, 0.1) is 11.3 Å². The second-order valence-corrected chi connectivity index (χ2v) is 8.90. The Morgan fingerprint density at radius 1 is 1.03 bits per heavy atom. The number of hydrogen-bond acceptors (Lipinski definition) is 9. The van der Waals surface area contributed by atoms with Crippen LogP contribution < -0.4 is 15.0 Å². The molecule has 1 aromatic carbocycles. The van der Waals surface area contributed by atoms with Crippen LogP contribution in [-0.4, -0.2) is 70.4 Å². The van der Waals surface area contributed by atoms with Gasteiger partial charge in [0.05, 0.1) is 18.8 Å². The predicted molar refractivity (Wildman–Crippen MR) is 135 cm³/mol. The van der Waals surface area contributed by atoms with Crippen molar-refractivity contribution in [1.82, 2.24) is 30.2 Å². The third-order valence-corrected chi connectivity index (χ3v) is 6.59. The fraction of sp³-hybridized carbons (Fsp3) is 0.346. The molecule has 0 unspecified atom stereocenters. The first-order valence-corrected chi connectivity index (χ1v) is 12.2. The Bertz CT molecular complexity index is 1400. The molecule has 5 heterocycles. The second kappa shape index (κ2) is 9.89. The highest BCUT2D eigenvalue weighted by Gasteiger charge is 2.19. The standard InChI is InChI=1S/C26H26N8O2/c27-14-19-13-17(1-3-21(19)36-20-5-7-28-8-6-20)23-24-26(31-16-30-23)33-25(32-24)18-2-4-22(29-15-18)34-9-11-35-12-10-34/h1-4,13,15-16,20,28H,5-12H2,(H,30,31,32,33). The molecule has 2 aliphatic rings. The maximum atomic E-state index is 9.79. The minimum Gasteiger partial charge on any atom is -0.489 e. The topological polar surface area (TPSA) is 125 Å². The summed E-state index contributed by atoms with van der Waals surface area (Å²) in [5.41, 5.74) is 4.05. The van der Waals surface area contributed by atoms with Crippen molar-refractivity contribution in [2.45, 2.75) is 18.9 Å². The highest BCUT2D eigenvalue weighted by Crippen LogP contribution is 2.31. The van der Waals surface area contributed by atoms with E-state index >= 15 is 0 Å². The fourth-order valence-corrected chi connectivity index (χ4v) is 4.64. The quantitative estimate of drug-likeness (QED) is 0.442. The Kier molecular flexibility index (Phi) is 6.15. The number of nitriles is 1. The van der Waals surface area contributed by atoms with Gasteiger partial charge >= 0.3 is 0 Å². The van der Waals surface area contributed by atoms with E-state index in [-0.39, 0.29) is 6.10 Å². The highest BCUT2D eigenvalue weighted by atomic mass is 16.5. The lowest BCUT2D eigenvalue weighted by atomic mass is 10.1. The Morgan fingerprint density at radius 3 is 2.64 bits per heavy atom. The van der Waals surface area contributed by atoms with Gasteiger partial charge in [-0.3, -0.25) is 0 Å². The number of hydrogen-bond donors (Lipinski definition) is 2. The number of fused-ring (bicyclic) bond motifs is 1. The Morgan fingerprint density at radius 2 is 1.86 bits per heavy atom. The van der Waals surface area contributed by atoms with E-state index in [2.05, 4.69) is 36.2 Å². The zero-order chi connectivity index (χ0) is 24.3. The zero-order valence-electron chi connectivity index (χ0n) is 19.8. The van der Waals surface area contributed by atoms with E-state index in [0.717, 1.165) is 56.0 Å². The van der Waals surface area contributed by atoms with Gasteiger partial charge in [-0.15, -0.1) is 0 Å². The van der Waals surface area contributed by atoms with Crippen molar-refractivity contribution < 1.29 is 9.47 Å². The Balaban J connectivity index is 1.29. The molecule has 3 aromatic heterocycles. The molecule has 10 nitrogen and oxygen atoms in total. The number of H-pyrrole nitrogens is 1. The van der Waals surface area contributed by atoms with Gasteiger partial charge in [0, 0.05) is 30.4 Å². The van der Waals surface area contributed by atoms with E-state index in [1.165, 1.54) is 6.33 Å². The summed E-state index contributed by atoms with van der Waals surface area (Å²) in [6, 6.07) is 11.9. The summed E-state index contributed by atoms with van der Waals surface area (Å²) in [4.78, 5) is 23.8. The number of aromatic nitrogens is 5. The van der Waals surface area contributed by atoms with Crippen LogP contribution in [0.15, 0.2) is 42.9 Å². The Hall–Kier alpha value is -4.07. The summed E-state index contributed by atoms with van der Waals surface area (Å²) in [6.45, 7) is 4.96. The molecule has 6 rings (SSSR count). The van der Waals surface area contributed by atoms with Gasteiger partial charge in [0.1, 0.15) is 47.1 Å². The molecule has 182 valence electrons. The number of aromatic amines is 1. The molecule has 0 saturated carbocycles. The lowest BCUT2D eigenvalue weighted by Gasteiger charge is -2.27. The van der Waals surface area contributed by atoms with Crippen molar-refractivity contribution in [2.75, 3.05) is 44.3 Å². The zero-order valence-corrected chi connectivity index (χ0v) is 19.8. The van der Waals surface area contributed by atoms with Crippen LogP contribution in [0.3, 0.4) is 0 Å². The molecule has 0 spiro atoms. The summed E-state index contributed by atoms with van der Waals surface area (Å²) >= 11 is 0. The van der Waals surface area contributed by atoms with E-state index in [0.29, 0.717) is 47.2 Å². The number of anilines is 1. The number of benzene rings is 1. The van der Waals surface area contributed by atoms with Crippen molar-refractivity contribution >= 4 is 17.0 Å². The lowest BCUT2D eigenvalue weighted by Crippen LogP contribution is -2.36. The molecule has 0 amide bonds. The monoisotopic (exact) mass is 482 g/mol. The molecule has 2 saturated heterocycles. The molecule has 2 aliphatic heterocycles. The molecule has 2 N–H and O–H groups in total. The van der Waals surface area contributed by atoms with Gasteiger partial charge in [-0.2, -0.15) is 5.26 Å². The van der Waals surface area contributed by atoms with Gasteiger partial charge in [-0.1, -0.05) is 0 Å². The molecule has 0 aliphatic carbocycles. The average Bonchev–Trinajstić information content (AvgIpc) is 3.39. The number of nitrogens with zero attached hydrogens (tertiary/aromatic N) is 6. The van der Waals surface area contributed by atoms with Crippen molar-refractivity contribution in [3.63, 3.8) is 0 Å². The molecular weight excluding hydrogens is 456 g/mol. The number of pyridine rings is 1. The molecule has 36 heavy (non-hydrogen) atoms. The molecule has 0 atom stereocenters. The highest BCUT2D eigenvalue weighted by molar-refractivity contribution is 5.89. The first-order valence-electron chi connectivity index (χ1n) is 12.2. The van der Waals surface area contributed by atoms with Crippen molar-refractivity contribution in [1.29, 1.82) is 5.26 Å². The molecular formula is C26H26N8O2. The molecule has 0 bridgehead atoms. The van der Waals surface area contributed by atoms with Crippen molar-refractivity contribution in [3.05, 3.63) is 48.4 Å². The smallest absolute Gasteiger partial charge is 0.161 e. The third kappa shape index (κ3) is 4.46. The fourth-order valence-electron chi connectivity index (χ4n) is 4.64. The first-order chi connectivity index (χ1) is 17.8. The maximum Gasteiger partial charge on any atom is 0.161 e. The molecule has 2 fully saturated rings. The number of morpholine rings is 1. The SMILES string of the molecule is N#Cc1cc(-c2ncnc3[nH]c(-c4ccc(N5CCOCC5)nc4)nc23)ccc1OC1CCNCC1. The van der Waals surface area contributed by atoms with E-state index in [4.69, 9.17) is 14.5 Å². The largest absolute Gasteiger partial charge is 0.489 e. The summed E-state index contributed by atoms with van der Waals surface area (Å²) in [5.74, 6) is 2.20. The van der Waals surface area contributed by atoms with Crippen LogP contribution >= 0.6 is 0 Å². The average molecular weight is 483 g/mol. The summed E-state index contributed by atoms with van der Waals surface area (Å²) in [7, 11) is 0. The van der Waals surface area contributed by atoms with Gasteiger partial charge in [-0.05, 0) is 56.3 Å². The van der Waals surface area contributed by atoms with E-state index in [9.17, 15) is 5.26 Å². The number of imidazole rings is 1. The van der Waals surface area contributed by atoms with Gasteiger partial charge in [0.2, 0.25) is 0 Å². The normalized spacial score (nSPS) is 16.7. The number of nitrogens with one attached hydrogen (secondary N) is 2. The number of piperidine rings is 1. The summed E-state index contributed by atoms with van der Waals surface area (Å²) < 4.78 is 11.6. The predicted octanol–water partition coefficient (Wildman–Crippen LogP) is 2.92. The maximum absolute atomic E-state index is 9.79. The van der Waals surface area contributed by atoms with Gasteiger partial charge in [0.25, 0.3) is 0 Å². The minimum atomic E-state index is 0.118. The van der Waals surface area contributed by atoms with E-state index in [1.54, 1.807) is 0 Å². The number of rotatable bonds is 5. The summed E-state index contributed by atoms with van der Waals surface area (Å²) in [5, 5.41) is 13.1.